The summed E-state index contributed by atoms with van der Waals surface area (Å²) in [7, 11) is 0. The summed E-state index contributed by atoms with van der Waals surface area (Å²) < 4.78 is 0. The summed E-state index contributed by atoms with van der Waals surface area (Å²) in [5, 5.41) is 13.2. The largest absolute Gasteiger partial charge is 0.507 e. The van der Waals surface area contributed by atoms with E-state index in [9.17, 15) is 5.11 Å². The van der Waals surface area contributed by atoms with E-state index in [4.69, 9.17) is 5.73 Å². The van der Waals surface area contributed by atoms with E-state index in [1.807, 2.05) is 24.3 Å². The number of hydrogen-bond donors (Lipinski definition) is 3. The second-order valence-corrected chi connectivity index (χ2v) is 5.61. The van der Waals surface area contributed by atoms with Gasteiger partial charge in [-0.15, -0.1) is 0 Å². The lowest BCUT2D eigenvalue weighted by Gasteiger charge is -2.14. The van der Waals surface area contributed by atoms with Gasteiger partial charge in [0.05, 0.1) is 5.56 Å². The molecule has 0 fully saturated rings. The Kier molecular flexibility index (Phi) is 5.03. The molecule has 0 saturated heterocycles. The van der Waals surface area contributed by atoms with Gasteiger partial charge in [0.2, 0.25) is 0 Å². The summed E-state index contributed by atoms with van der Waals surface area (Å²) in [5.41, 5.74) is 8.00. The first kappa shape index (κ1) is 16.0. The Hall–Kier alpha value is -2.92. The molecule has 24 heavy (non-hydrogen) atoms. The predicted molar refractivity (Wildman–Crippen MR) is 95.7 cm³/mol. The van der Waals surface area contributed by atoms with Gasteiger partial charge in [-0.1, -0.05) is 42.5 Å². The van der Waals surface area contributed by atoms with Gasteiger partial charge in [-0.25, -0.2) is 9.97 Å². The first-order chi connectivity index (χ1) is 11.7. The Morgan fingerprint density at radius 3 is 2.54 bits per heavy atom. The van der Waals surface area contributed by atoms with Crippen LogP contribution < -0.4 is 11.1 Å². The molecular weight excluding hydrogens is 300 g/mol. The molecule has 0 radical (unpaired) electrons. The summed E-state index contributed by atoms with van der Waals surface area (Å²) >= 11 is 0. The number of anilines is 1. The highest BCUT2D eigenvalue weighted by Gasteiger charge is 2.08. The third-order valence-corrected chi connectivity index (χ3v) is 3.69. The molecule has 1 atom stereocenters. The van der Waals surface area contributed by atoms with Crippen LogP contribution in [-0.4, -0.2) is 27.7 Å². The van der Waals surface area contributed by atoms with E-state index in [2.05, 4.69) is 27.4 Å². The molecule has 4 N–H and O–H groups in total. The van der Waals surface area contributed by atoms with Crippen LogP contribution in [0.15, 0.2) is 66.9 Å². The fourth-order valence-electron chi connectivity index (χ4n) is 2.47. The summed E-state index contributed by atoms with van der Waals surface area (Å²) in [4.78, 5) is 8.67. The second kappa shape index (κ2) is 7.57. The van der Waals surface area contributed by atoms with Crippen LogP contribution in [0, 0.1) is 0 Å². The van der Waals surface area contributed by atoms with Crippen LogP contribution in [-0.2, 0) is 6.42 Å². The summed E-state index contributed by atoms with van der Waals surface area (Å²) in [6.45, 7) is 0.603. The van der Waals surface area contributed by atoms with E-state index in [0.717, 1.165) is 6.42 Å². The van der Waals surface area contributed by atoms with Crippen molar-refractivity contribution in [3.8, 4) is 17.1 Å². The van der Waals surface area contributed by atoms with Crippen LogP contribution in [0.5, 0.6) is 5.75 Å². The molecule has 0 saturated carbocycles. The van der Waals surface area contributed by atoms with Crippen LogP contribution in [0.2, 0.25) is 0 Å². The van der Waals surface area contributed by atoms with Crippen molar-refractivity contribution in [2.24, 2.45) is 5.73 Å². The SMILES string of the molecule is N[C@@H](CNc1ccnc(-c2ccccc2O)n1)Cc1ccccc1. The van der Waals surface area contributed by atoms with Crippen LogP contribution in [0.25, 0.3) is 11.4 Å². The van der Waals surface area contributed by atoms with Gasteiger partial charge in [0.25, 0.3) is 0 Å². The number of nitrogens with one attached hydrogen (secondary N) is 1. The lowest BCUT2D eigenvalue weighted by molar-refractivity contribution is 0.477. The van der Waals surface area contributed by atoms with Gasteiger partial charge in [0.1, 0.15) is 11.6 Å². The molecule has 5 heteroatoms. The van der Waals surface area contributed by atoms with Crippen molar-refractivity contribution in [3.05, 3.63) is 72.4 Å². The van der Waals surface area contributed by atoms with Crippen molar-refractivity contribution >= 4 is 5.82 Å². The van der Waals surface area contributed by atoms with E-state index in [1.165, 1.54) is 5.56 Å². The van der Waals surface area contributed by atoms with Gasteiger partial charge in [0, 0.05) is 18.8 Å². The molecule has 0 aliphatic heterocycles. The summed E-state index contributed by atoms with van der Waals surface area (Å²) in [6.07, 6.45) is 2.46. The molecule has 1 aromatic heterocycles. The highest BCUT2D eigenvalue weighted by molar-refractivity contribution is 5.64. The third-order valence-electron chi connectivity index (χ3n) is 3.69. The minimum Gasteiger partial charge on any atom is -0.507 e. The van der Waals surface area contributed by atoms with Crippen molar-refractivity contribution in [1.29, 1.82) is 0 Å². The van der Waals surface area contributed by atoms with Crippen LogP contribution in [0.4, 0.5) is 5.82 Å². The predicted octanol–water partition coefficient (Wildman–Crippen LogP) is 2.83. The number of aromatic nitrogens is 2. The first-order valence-corrected chi connectivity index (χ1v) is 7.87. The standard InChI is InChI=1S/C19H20N4O/c20-15(12-14-6-2-1-3-7-14)13-22-18-10-11-21-19(23-18)16-8-4-5-9-17(16)24/h1-11,15,24H,12-13,20H2,(H,21,22,23)/t15-/m1/s1. The minimum absolute atomic E-state index is 0.0176. The number of phenolic OH excluding ortho intramolecular Hbond substituents is 1. The zero-order valence-electron chi connectivity index (χ0n) is 13.3. The van der Waals surface area contributed by atoms with Crippen LogP contribution in [0.1, 0.15) is 5.56 Å². The molecule has 0 spiro atoms. The number of nitrogens with two attached hydrogens (primary N) is 1. The molecule has 2 aromatic carbocycles. The summed E-state index contributed by atoms with van der Waals surface area (Å²) in [6, 6.07) is 18.9. The molecule has 0 amide bonds. The average Bonchev–Trinajstić information content (AvgIpc) is 2.61. The molecule has 0 aliphatic rings. The fraction of sp³-hybridized carbons (Fsp3) is 0.158. The monoisotopic (exact) mass is 320 g/mol. The summed E-state index contributed by atoms with van der Waals surface area (Å²) in [5.74, 6) is 1.33. The van der Waals surface area contributed by atoms with Gasteiger partial charge in [-0.3, -0.25) is 0 Å². The van der Waals surface area contributed by atoms with Crippen molar-refractivity contribution in [2.75, 3.05) is 11.9 Å². The van der Waals surface area contributed by atoms with Crippen molar-refractivity contribution in [1.82, 2.24) is 9.97 Å². The molecule has 122 valence electrons. The smallest absolute Gasteiger partial charge is 0.165 e. The van der Waals surface area contributed by atoms with Gasteiger partial charge < -0.3 is 16.2 Å². The van der Waals surface area contributed by atoms with Crippen LogP contribution in [0.3, 0.4) is 0 Å². The fourth-order valence-corrected chi connectivity index (χ4v) is 2.47. The molecule has 3 rings (SSSR count). The van der Waals surface area contributed by atoms with E-state index in [-0.39, 0.29) is 11.8 Å². The van der Waals surface area contributed by atoms with Gasteiger partial charge >= 0.3 is 0 Å². The molecule has 1 heterocycles. The number of rotatable bonds is 6. The Labute approximate surface area is 141 Å². The van der Waals surface area contributed by atoms with Gasteiger partial charge in [-0.2, -0.15) is 0 Å². The molecule has 3 aromatic rings. The molecule has 0 unspecified atom stereocenters. The number of phenols is 1. The molecule has 0 bridgehead atoms. The quantitative estimate of drug-likeness (QED) is 0.650. The van der Waals surface area contributed by atoms with Crippen molar-refractivity contribution in [2.45, 2.75) is 12.5 Å². The number of aromatic hydroxyl groups is 1. The van der Waals surface area contributed by atoms with E-state index >= 15 is 0 Å². The Balaban J connectivity index is 1.64. The first-order valence-electron chi connectivity index (χ1n) is 7.87. The average molecular weight is 320 g/mol. The third kappa shape index (κ3) is 4.08. The molecular formula is C19H20N4O. The van der Waals surface area contributed by atoms with Gasteiger partial charge in [0.15, 0.2) is 5.82 Å². The van der Waals surface area contributed by atoms with Gasteiger partial charge in [-0.05, 0) is 30.2 Å². The lowest BCUT2D eigenvalue weighted by Crippen LogP contribution is -2.31. The van der Waals surface area contributed by atoms with E-state index in [1.54, 1.807) is 30.5 Å². The highest BCUT2D eigenvalue weighted by atomic mass is 16.3. The number of benzene rings is 2. The molecule has 5 nitrogen and oxygen atoms in total. The topological polar surface area (TPSA) is 84.1 Å². The van der Waals surface area contributed by atoms with Crippen LogP contribution >= 0.6 is 0 Å². The Bertz CT molecular complexity index is 792. The highest BCUT2D eigenvalue weighted by Crippen LogP contribution is 2.25. The maximum Gasteiger partial charge on any atom is 0.165 e. The maximum absolute atomic E-state index is 9.92. The Morgan fingerprint density at radius 1 is 1.00 bits per heavy atom. The minimum atomic E-state index is -0.0176. The van der Waals surface area contributed by atoms with Crippen molar-refractivity contribution in [3.63, 3.8) is 0 Å². The zero-order valence-corrected chi connectivity index (χ0v) is 13.3. The maximum atomic E-state index is 9.92. The lowest BCUT2D eigenvalue weighted by atomic mass is 10.1. The number of nitrogens with zero attached hydrogens (tertiary/aromatic N) is 2. The van der Waals surface area contributed by atoms with E-state index in [0.29, 0.717) is 23.8 Å². The second-order valence-electron chi connectivity index (χ2n) is 5.61. The Morgan fingerprint density at radius 2 is 1.75 bits per heavy atom. The number of hydrogen-bond acceptors (Lipinski definition) is 5. The molecule has 0 aliphatic carbocycles. The number of para-hydroxylation sites is 1. The van der Waals surface area contributed by atoms with E-state index < -0.39 is 0 Å². The zero-order chi connectivity index (χ0) is 16.8. The normalized spacial score (nSPS) is 11.9. The van der Waals surface area contributed by atoms with Crippen molar-refractivity contribution < 1.29 is 5.11 Å².